The van der Waals surface area contributed by atoms with Crippen molar-refractivity contribution in [3.8, 4) is 0 Å². The molecule has 0 radical (unpaired) electrons. The SMILES string of the molecule is CCCCC/C=C\C/C=C\CCCCCCCC(=O)OCC(CN1CCOCC1)OC(=O)CCCCCCC/C=C\C/C=C\CCCCC. The monoisotopic (exact) mass is 686 g/mol. The topological polar surface area (TPSA) is 65.1 Å². The van der Waals surface area contributed by atoms with Gasteiger partial charge in [-0.15, -0.1) is 0 Å². The molecular formula is C43H75NO5. The van der Waals surface area contributed by atoms with Crippen molar-refractivity contribution in [3.63, 3.8) is 0 Å². The fourth-order valence-corrected chi connectivity index (χ4v) is 5.86. The maximum absolute atomic E-state index is 12.7. The molecule has 6 heteroatoms. The van der Waals surface area contributed by atoms with Crippen LogP contribution >= 0.6 is 0 Å². The molecule has 49 heavy (non-hydrogen) atoms. The number of carbonyl (C=O) groups excluding carboxylic acids is 2. The van der Waals surface area contributed by atoms with Gasteiger partial charge in [0.15, 0.2) is 0 Å². The number of hydrogen-bond acceptors (Lipinski definition) is 6. The number of morpholine rings is 1. The van der Waals surface area contributed by atoms with E-state index in [4.69, 9.17) is 14.2 Å². The van der Waals surface area contributed by atoms with Crippen molar-refractivity contribution in [3.05, 3.63) is 48.6 Å². The highest BCUT2D eigenvalue weighted by Gasteiger charge is 2.22. The average molecular weight is 686 g/mol. The van der Waals surface area contributed by atoms with Crippen LogP contribution in [-0.2, 0) is 23.8 Å². The molecule has 1 aliphatic rings. The van der Waals surface area contributed by atoms with Gasteiger partial charge in [-0.3, -0.25) is 14.5 Å². The van der Waals surface area contributed by atoms with Gasteiger partial charge in [0, 0.05) is 32.5 Å². The van der Waals surface area contributed by atoms with Crippen LogP contribution in [0.15, 0.2) is 48.6 Å². The Morgan fingerprint density at radius 2 is 1.00 bits per heavy atom. The van der Waals surface area contributed by atoms with Crippen LogP contribution in [0.2, 0.25) is 0 Å². The van der Waals surface area contributed by atoms with Crippen molar-refractivity contribution in [1.29, 1.82) is 0 Å². The van der Waals surface area contributed by atoms with E-state index in [0.717, 1.165) is 77.3 Å². The highest BCUT2D eigenvalue weighted by atomic mass is 16.6. The van der Waals surface area contributed by atoms with Gasteiger partial charge in [0.25, 0.3) is 0 Å². The van der Waals surface area contributed by atoms with Gasteiger partial charge < -0.3 is 14.2 Å². The summed E-state index contributed by atoms with van der Waals surface area (Å²) in [5.74, 6) is -0.379. The van der Waals surface area contributed by atoms with E-state index in [2.05, 4.69) is 67.4 Å². The smallest absolute Gasteiger partial charge is 0.306 e. The summed E-state index contributed by atoms with van der Waals surface area (Å²) in [4.78, 5) is 27.4. The molecule has 0 amide bonds. The molecule has 1 fully saturated rings. The third kappa shape index (κ3) is 31.5. The molecular weight excluding hydrogens is 610 g/mol. The van der Waals surface area contributed by atoms with Crippen molar-refractivity contribution in [2.24, 2.45) is 0 Å². The van der Waals surface area contributed by atoms with E-state index < -0.39 is 6.10 Å². The molecule has 1 saturated heterocycles. The Labute approximate surface area is 302 Å². The molecule has 0 N–H and O–H groups in total. The predicted octanol–water partition coefficient (Wildman–Crippen LogP) is 11.4. The molecule has 1 heterocycles. The zero-order valence-corrected chi connectivity index (χ0v) is 31.9. The molecule has 0 bridgehead atoms. The maximum atomic E-state index is 12.7. The average Bonchev–Trinajstić information content (AvgIpc) is 3.11. The van der Waals surface area contributed by atoms with Gasteiger partial charge in [0.1, 0.15) is 12.7 Å². The summed E-state index contributed by atoms with van der Waals surface area (Å²) in [6.45, 7) is 8.16. The number of ether oxygens (including phenoxy) is 3. The van der Waals surface area contributed by atoms with Crippen molar-refractivity contribution in [2.45, 2.75) is 174 Å². The lowest BCUT2D eigenvalue weighted by Crippen LogP contribution is -2.43. The Balaban J connectivity index is 2.14. The largest absolute Gasteiger partial charge is 0.462 e. The van der Waals surface area contributed by atoms with Crippen LogP contribution in [0.4, 0.5) is 0 Å². The number of esters is 2. The molecule has 0 saturated carbocycles. The number of nitrogens with zero attached hydrogens (tertiary/aromatic N) is 1. The first kappa shape index (κ1) is 44.8. The molecule has 282 valence electrons. The maximum Gasteiger partial charge on any atom is 0.306 e. The zero-order valence-electron chi connectivity index (χ0n) is 31.9. The van der Waals surface area contributed by atoms with Crippen LogP contribution in [0.1, 0.15) is 168 Å². The fourth-order valence-electron chi connectivity index (χ4n) is 5.86. The van der Waals surface area contributed by atoms with Gasteiger partial charge in [-0.05, 0) is 77.0 Å². The van der Waals surface area contributed by atoms with Gasteiger partial charge in [-0.2, -0.15) is 0 Å². The molecule has 0 spiro atoms. The lowest BCUT2D eigenvalue weighted by Gasteiger charge is -2.30. The Bertz CT molecular complexity index is 873. The van der Waals surface area contributed by atoms with Crippen LogP contribution in [0, 0.1) is 0 Å². The summed E-state index contributed by atoms with van der Waals surface area (Å²) in [6, 6.07) is 0. The summed E-state index contributed by atoms with van der Waals surface area (Å²) < 4.78 is 16.9. The van der Waals surface area contributed by atoms with E-state index in [1.165, 1.54) is 77.0 Å². The van der Waals surface area contributed by atoms with Gasteiger partial charge in [0.2, 0.25) is 0 Å². The standard InChI is InChI=1S/C43H75NO5/c1-3-5-7-9-11-13-15-17-19-21-23-25-27-29-31-33-42(45)48-40-41(39-44-35-37-47-38-36-44)49-43(46)34-32-30-28-26-24-22-20-18-16-14-12-10-8-6-4-2/h11-14,17-20,41H,3-10,15-16,21-40H2,1-2H3/b13-11-,14-12-,19-17-,20-18-. The second kappa shape index (κ2) is 35.6. The first-order valence-electron chi connectivity index (χ1n) is 20.4. The van der Waals surface area contributed by atoms with E-state index in [0.29, 0.717) is 32.6 Å². The zero-order chi connectivity index (χ0) is 35.3. The van der Waals surface area contributed by atoms with Crippen LogP contribution in [0.25, 0.3) is 0 Å². The van der Waals surface area contributed by atoms with Crippen LogP contribution < -0.4 is 0 Å². The molecule has 0 aromatic rings. The van der Waals surface area contributed by atoms with Crippen molar-refractivity contribution < 1.29 is 23.8 Å². The van der Waals surface area contributed by atoms with Crippen LogP contribution in [0.5, 0.6) is 0 Å². The normalized spacial score (nSPS) is 14.9. The summed E-state index contributed by atoms with van der Waals surface area (Å²) in [7, 11) is 0. The number of hydrogen-bond donors (Lipinski definition) is 0. The lowest BCUT2D eigenvalue weighted by atomic mass is 10.1. The van der Waals surface area contributed by atoms with Crippen LogP contribution in [0.3, 0.4) is 0 Å². The molecule has 0 aromatic carbocycles. The molecule has 1 aliphatic heterocycles. The minimum Gasteiger partial charge on any atom is -0.462 e. The Kier molecular flexibility index (Phi) is 32.6. The minimum absolute atomic E-state index is 0.129. The van der Waals surface area contributed by atoms with E-state index in [-0.39, 0.29) is 18.5 Å². The number of rotatable bonds is 33. The van der Waals surface area contributed by atoms with Gasteiger partial charge in [-0.25, -0.2) is 0 Å². The Morgan fingerprint density at radius 1 is 0.571 bits per heavy atom. The molecule has 0 aliphatic carbocycles. The lowest BCUT2D eigenvalue weighted by molar-refractivity contribution is -0.161. The van der Waals surface area contributed by atoms with E-state index in [1.54, 1.807) is 0 Å². The Morgan fingerprint density at radius 3 is 1.49 bits per heavy atom. The molecule has 6 nitrogen and oxygen atoms in total. The second-order valence-corrected chi connectivity index (χ2v) is 13.7. The van der Waals surface area contributed by atoms with Crippen LogP contribution in [-0.4, -0.2) is 62.4 Å². The summed E-state index contributed by atoms with van der Waals surface area (Å²) in [5.41, 5.74) is 0. The first-order chi connectivity index (χ1) is 24.2. The predicted molar refractivity (Wildman–Crippen MR) is 207 cm³/mol. The Hall–Kier alpha value is -2.18. The molecule has 0 aromatic heterocycles. The highest BCUT2D eigenvalue weighted by Crippen LogP contribution is 2.12. The van der Waals surface area contributed by atoms with Gasteiger partial charge in [-0.1, -0.05) is 127 Å². The summed E-state index contributed by atoms with van der Waals surface area (Å²) in [5, 5.41) is 0. The van der Waals surface area contributed by atoms with E-state index in [9.17, 15) is 9.59 Å². The number of unbranched alkanes of at least 4 members (excludes halogenated alkanes) is 16. The van der Waals surface area contributed by atoms with Crippen molar-refractivity contribution in [1.82, 2.24) is 4.90 Å². The minimum atomic E-state index is -0.433. The third-order valence-corrected chi connectivity index (χ3v) is 8.96. The summed E-state index contributed by atoms with van der Waals surface area (Å²) >= 11 is 0. The quantitative estimate of drug-likeness (QED) is 0.0389. The molecule has 1 rings (SSSR count). The number of carbonyl (C=O) groups is 2. The third-order valence-electron chi connectivity index (χ3n) is 8.96. The first-order valence-corrected chi connectivity index (χ1v) is 20.4. The van der Waals surface area contributed by atoms with Gasteiger partial charge in [0.05, 0.1) is 13.2 Å². The highest BCUT2D eigenvalue weighted by molar-refractivity contribution is 5.70. The van der Waals surface area contributed by atoms with E-state index >= 15 is 0 Å². The molecule has 1 atom stereocenters. The van der Waals surface area contributed by atoms with E-state index in [1.807, 2.05) is 0 Å². The van der Waals surface area contributed by atoms with Gasteiger partial charge >= 0.3 is 11.9 Å². The van der Waals surface area contributed by atoms with Crippen molar-refractivity contribution in [2.75, 3.05) is 39.5 Å². The fraction of sp³-hybridized carbons (Fsp3) is 0.767. The van der Waals surface area contributed by atoms with Crippen molar-refractivity contribution >= 4 is 11.9 Å². The second-order valence-electron chi connectivity index (χ2n) is 13.7. The number of allylic oxidation sites excluding steroid dienone is 8. The summed E-state index contributed by atoms with van der Waals surface area (Å²) in [6.07, 6.45) is 44.1. The molecule has 1 unspecified atom stereocenters.